The molecule has 0 aromatic carbocycles. The van der Waals surface area contributed by atoms with Crippen LogP contribution in [0, 0.1) is 0 Å². The van der Waals surface area contributed by atoms with Crippen molar-refractivity contribution in [2.45, 2.75) is 37.6 Å². The second-order valence-electron chi connectivity index (χ2n) is 4.55. The molecule has 0 aliphatic heterocycles. The summed E-state index contributed by atoms with van der Waals surface area (Å²) in [6, 6.07) is 3.00. The van der Waals surface area contributed by atoms with Crippen molar-refractivity contribution in [2.75, 3.05) is 14.2 Å². The number of esters is 1. The van der Waals surface area contributed by atoms with Gasteiger partial charge >= 0.3 is 5.97 Å². The summed E-state index contributed by atoms with van der Waals surface area (Å²) in [4.78, 5) is 11.9. The minimum Gasteiger partial charge on any atom is -0.456 e. The van der Waals surface area contributed by atoms with E-state index in [1.54, 1.807) is 14.2 Å². The Balaban J connectivity index is 1.95. The van der Waals surface area contributed by atoms with E-state index in [0.717, 1.165) is 6.42 Å². The Morgan fingerprint density at radius 3 is 2.21 bits per heavy atom. The number of hydrogen-bond acceptors (Lipinski definition) is 5. The minimum atomic E-state index is -0.511. The van der Waals surface area contributed by atoms with Gasteiger partial charge in [0.1, 0.15) is 6.10 Å². The lowest BCUT2D eigenvalue weighted by molar-refractivity contribution is -0.0664. The van der Waals surface area contributed by atoms with E-state index in [2.05, 4.69) is 0 Å². The summed E-state index contributed by atoms with van der Waals surface area (Å²) < 4.78 is 21.1. The largest absolute Gasteiger partial charge is 0.456 e. The zero-order valence-corrected chi connectivity index (χ0v) is 11.7. The summed E-state index contributed by atoms with van der Waals surface area (Å²) >= 11 is 5.62. The number of furan rings is 1. The highest BCUT2D eigenvalue weighted by atomic mass is 35.5. The van der Waals surface area contributed by atoms with Crippen LogP contribution in [0.5, 0.6) is 0 Å². The summed E-state index contributed by atoms with van der Waals surface area (Å²) in [6.45, 7) is 0. The van der Waals surface area contributed by atoms with Crippen LogP contribution in [0.1, 0.15) is 29.8 Å². The van der Waals surface area contributed by atoms with Gasteiger partial charge in [0.2, 0.25) is 5.76 Å². The summed E-state index contributed by atoms with van der Waals surface area (Å²) in [5.74, 6) is -0.401. The van der Waals surface area contributed by atoms with E-state index in [1.807, 2.05) is 0 Å². The van der Waals surface area contributed by atoms with E-state index in [4.69, 9.17) is 30.2 Å². The van der Waals surface area contributed by atoms with E-state index in [9.17, 15) is 4.79 Å². The molecule has 19 heavy (non-hydrogen) atoms. The monoisotopic (exact) mass is 288 g/mol. The standard InChI is InChI=1S/C13H17ClO5/c1-16-8-5-9(17-2)7-10(6-8)18-13(15)11-3-4-12(14)19-11/h3-4,8-10H,5-7H2,1-2H3. The van der Waals surface area contributed by atoms with Crippen molar-refractivity contribution in [3.05, 3.63) is 23.1 Å². The molecule has 1 fully saturated rings. The third kappa shape index (κ3) is 3.72. The van der Waals surface area contributed by atoms with E-state index < -0.39 is 5.97 Å². The Morgan fingerprint density at radius 2 is 1.74 bits per heavy atom. The molecule has 0 spiro atoms. The van der Waals surface area contributed by atoms with Crippen molar-refractivity contribution in [1.29, 1.82) is 0 Å². The van der Waals surface area contributed by atoms with Crippen molar-refractivity contribution in [1.82, 2.24) is 0 Å². The number of methoxy groups -OCH3 is 2. The molecule has 0 N–H and O–H groups in total. The van der Waals surface area contributed by atoms with Crippen molar-refractivity contribution in [3.8, 4) is 0 Å². The van der Waals surface area contributed by atoms with Crippen molar-refractivity contribution >= 4 is 17.6 Å². The molecule has 1 aliphatic carbocycles. The maximum Gasteiger partial charge on any atom is 0.374 e. The summed E-state index contributed by atoms with van der Waals surface area (Å²) in [7, 11) is 3.29. The highest BCUT2D eigenvalue weighted by Crippen LogP contribution is 2.26. The molecule has 2 rings (SSSR count). The molecule has 2 unspecified atom stereocenters. The fourth-order valence-electron chi connectivity index (χ4n) is 2.28. The Hall–Kier alpha value is -1.04. The number of rotatable bonds is 4. The van der Waals surface area contributed by atoms with Gasteiger partial charge in [0.25, 0.3) is 0 Å². The zero-order chi connectivity index (χ0) is 13.8. The lowest BCUT2D eigenvalue weighted by atomic mass is 9.92. The molecule has 0 amide bonds. The first-order valence-electron chi connectivity index (χ1n) is 6.14. The maximum atomic E-state index is 11.9. The quantitative estimate of drug-likeness (QED) is 0.797. The molecule has 1 aliphatic rings. The normalized spacial score (nSPS) is 27.2. The van der Waals surface area contributed by atoms with Gasteiger partial charge < -0.3 is 18.6 Å². The van der Waals surface area contributed by atoms with Crippen LogP contribution in [0.3, 0.4) is 0 Å². The van der Waals surface area contributed by atoms with Crippen molar-refractivity contribution in [2.24, 2.45) is 0 Å². The van der Waals surface area contributed by atoms with E-state index in [0.29, 0.717) is 12.8 Å². The second-order valence-corrected chi connectivity index (χ2v) is 4.93. The Kier molecular flexibility index (Phi) is 4.85. The SMILES string of the molecule is COC1CC(OC)CC(OC(=O)c2ccc(Cl)o2)C1. The van der Waals surface area contributed by atoms with Gasteiger partial charge in [-0.05, 0) is 23.7 Å². The molecule has 0 radical (unpaired) electrons. The highest BCUT2D eigenvalue weighted by molar-refractivity contribution is 6.29. The van der Waals surface area contributed by atoms with Crippen molar-refractivity contribution in [3.63, 3.8) is 0 Å². The molecule has 2 atom stereocenters. The summed E-state index contributed by atoms with van der Waals surface area (Å²) in [5, 5.41) is 0.167. The van der Waals surface area contributed by atoms with Crippen LogP contribution >= 0.6 is 11.6 Å². The Morgan fingerprint density at radius 1 is 1.16 bits per heavy atom. The van der Waals surface area contributed by atoms with Gasteiger partial charge in [-0.15, -0.1) is 0 Å². The number of halogens is 1. The molecule has 1 aromatic rings. The van der Waals surface area contributed by atoms with E-state index in [1.165, 1.54) is 12.1 Å². The van der Waals surface area contributed by atoms with Crippen LogP contribution in [-0.4, -0.2) is 38.5 Å². The second kappa shape index (κ2) is 6.41. The average molecular weight is 289 g/mol. The van der Waals surface area contributed by atoms with Crippen LogP contribution in [0.2, 0.25) is 5.22 Å². The van der Waals surface area contributed by atoms with Gasteiger partial charge in [-0.3, -0.25) is 0 Å². The van der Waals surface area contributed by atoms with E-state index in [-0.39, 0.29) is 29.3 Å². The van der Waals surface area contributed by atoms with Gasteiger partial charge in [0, 0.05) is 33.5 Å². The molecule has 106 valence electrons. The third-order valence-electron chi connectivity index (χ3n) is 3.29. The van der Waals surface area contributed by atoms with Crippen LogP contribution in [-0.2, 0) is 14.2 Å². The van der Waals surface area contributed by atoms with Crippen LogP contribution in [0.4, 0.5) is 0 Å². The molecule has 5 nitrogen and oxygen atoms in total. The first-order chi connectivity index (χ1) is 9.12. The molecule has 1 aromatic heterocycles. The summed E-state index contributed by atoms with van der Waals surface area (Å²) in [5.41, 5.74) is 0. The van der Waals surface area contributed by atoms with Gasteiger partial charge in [-0.2, -0.15) is 0 Å². The molecule has 1 heterocycles. The Bertz CT molecular complexity index is 418. The van der Waals surface area contributed by atoms with Crippen LogP contribution in [0.25, 0.3) is 0 Å². The number of hydrogen-bond donors (Lipinski definition) is 0. The predicted molar refractivity (Wildman–Crippen MR) is 68.4 cm³/mol. The summed E-state index contributed by atoms with van der Waals surface area (Å²) in [6.07, 6.45) is 1.98. The fraction of sp³-hybridized carbons (Fsp3) is 0.615. The van der Waals surface area contributed by atoms with Gasteiger partial charge in [0.15, 0.2) is 5.22 Å². The van der Waals surface area contributed by atoms with Gasteiger partial charge in [-0.25, -0.2) is 4.79 Å². The minimum absolute atomic E-state index is 0.0386. The molecule has 1 saturated carbocycles. The maximum absolute atomic E-state index is 11.9. The van der Waals surface area contributed by atoms with Crippen molar-refractivity contribution < 1.29 is 23.4 Å². The molecule has 0 bridgehead atoms. The third-order valence-corrected chi connectivity index (χ3v) is 3.50. The smallest absolute Gasteiger partial charge is 0.374 e. The molecular formula is C13H17ClO5. The number of ether oxygens (including phenoxy) is 3. The van der Waals surface area contributed by atoms with Gasteiger partial charge in [-0.1, -0.05) is 0 Å². The van der Waals surface area contributed by atoms with Crippen LogP contribution in [0.15, 0.2) is 16.5 Å². The zero-order valence-electron chi connectivity index (χ0n) is 10.9. The molecule has 0 saturated heterocycles. The molecule has 6 heteroatoms. The predicted octanol–water partition coefficient (Wildman–Crippen LogP) is 2.67. The molecular weight excluding hydrogens is 272 g/mol. The lowest BCUT2D eigenvalue weighted by Crippen LogP contribution is -2.37. The van der Waals surface area contributed by atoms with Gasteiger partial charge in [0.05, 0.1) is 12.2 Å². The van der Waals surface area contributed by atoms with E-state index >= 15 is 0 Å². The lowest BCUT2D eigenvalue weighted by Gasteiger charge is -2.32. The first-order valence-corrected chi connectivity index (χ1v) is 6.52. The van der Waals surface area contributed by atoms with Crippen LogP contribution < -0.4 is 0 Å². The average Bonchev–Trinajstić information content (AvgIpc) is 2.85. The first kappa shape index (κ1) is 14.4. The topological polar surface area (TPSA) is 57.9 Å². The fourth-order valence-corrected chi connectivity index (χ4v) is 2.43. The Labute approximate surface area is 116 Å². The highest BCUT2D eigenvalue weighted by Gasteiger charge is 2.32. The number of carbonyl (C=O) groups excluding carboxylic acids is 1. The number of carbonyl (C=O) groups is 1.